The molecule has 0 saturated carbocycles. The molecule has 0 radical (unpaired) electrons. The third-order valence-electron chi connectivity index (χ3n) is 0.667. The summed E-state index contributed by atoms with van der Waals surface area (Å²) in [4.78, 5) is 0. The maximum atomic E-state index is 11.0. The van der Waals surface area contributed by atoms with E-state index < -0.39 is 7.75 Å². The molecule has 1 atom stereocenters. The van der Waals surface area contributed by atoms with Crippen molar-refractivity contribution in [1.82, 2.24) is 0 Å². The largest absolute Gasteiger partial charge is 0.403 e. The summed E-state index contributed by atoms with van der Waals surface area (Å²) in [6.45, 7) is 5.51. The van der Waals surface area contributed by atoms with Crippen LogP contribution in [0.3, 0.4) is 0 Å². The molecule has 0 fully saturated rings. The molecule has 0 saturated heterocycles. The Hall–Kier alpha value is 0.110. The van der Waals surface area contributed by atoms with E-state index >= 15 is 0 Å². The van der Waals surface area contributed by atoms with Gasteiger partial charge >= 0.3 is 7.75 Å². The Labute approximate surface area is 61.3 Å². The van der Waals surface area contributed by atoms with Crippen LogP contribution in [0.5, 0.6) is 0 Å². The van der Waals surface area contributed by atoms with Gasteiger partial charge in [-0.25, -0.2) is 10.1 Å². The van der Waals surface area contributed by atoms with Gasteiger partial charge in [0.1, 0.15) is 0 Å². The zero-order valence-corrected chi connectivity index (χ0v) is 7.43. The molecule has 0 heterocycles. The molecule has 62 valence electrons. The van der Waals surface area contributed by atoms with E-state index in [1.54, 1.807) is 20.8 Å². The molecule has 0 aromatic heterocycles. The van der Waals surface area contributed by atoms with Crippen molar-refractivity contribution in [2.24, 2.45) is 5.50 Å². The molecule has 2 N–H and O–H groups in total. The second-order valence-corrected chi connectivity index (χ2v) is 3.66. The van der Waals surface area contributed by atoms with Crippen molar-refractivity contribution < 1.29 is 13.6 Å². The zero-order valence-electron chi connectivity index (χ0n) is 6.53. The molecule has 0 amide bonds. The fourth-order valence-electron chi connectivity index (χ4n) is 0.504. The average molecular weight is 167 g/mol. The first-order chi connectivity index (χ1) is 4.48. The predicted octanol–water partition coefficient (Wildman–Crippen LogP) is 1.51. The summed E-state index contributed by atoms with van der Waals surface area (Å²) in [6, 6.07) is 0. The van der Waals surface area contributed by atoms with Crippen molar-refractivity contribution in [3.8, 4) is 0 Å². The van der Waals surface area contributed by atoms with E-state index in [9.17, 15) is 4.57 Å². The van der Waals surface area contributed by atoms with Gasteiger partial charge in [-0.05, 0) is 20.8 Å². The summed E-state index contributed by atoms with van der Waals surface area (Å²) >= 11 is 0. The second kappa shape index (κ2) is 4.09. The lowest BCUT2D eigenvalue weighted by molar-refractivity contribution is 0.173. The smallest absolute Gasteiger partial charge is 0.297 e. The number of nitrogens with two attached hydrogens (primary N) is 1. The van der Waals surface area contributed by atoms with Gasteiger partial charge in [0.05, 0.1) is 12.7 Å². The molecular formula is C5H14NO3P. The number of hydrogen-bond donors (Lipinski definition) is 1. The van der Waals surface area contributed by atoms with E-state index in [0.29, 0.717) is 6.61 Å². The van der Waals surface area contributed by atoms with Crippen molar-refractivity contribution in [2.75, 3.05) is 6.61 Å². The molecule has 1 unspecified atom stereocenters. The summed E-state index contributed by atoms with van der Waals surface area (Å²) in [5, 5.41) is 0. The minimum Gasteiger partial charge on any atom is -0.297 e. The van der Waals surface area contributed by atoms with E-state index in [1.165, 1.54) is 0 Å². The van der Waals surface area contributed by atoms with Crippen molar-refractivity contribution in [3.05, 3.63) is 0 Å². The van der Waals surface area contributed by atoms with E-state index in [4.69, 9.17) is 10.0 Å². The Morgan fingerprint density at radius 1 is 1.60 bits per heavy atom. The standard InChI is InChI=1S/C5H14NO3P/c1-4-8-10(6,7)9-5(2)3/h5H,4H2,1-3H3,(H2,6,7). The lowest BCUT2D eigenvalue weighted by atomic mass is 10.5. The molecule has 5 heteroatoms. The van der Waals surface area contributed by atoms with Crippen molar-refractivity contribution in [3.63, 3.8) is 0 Å². The van der Waals surface area contributed by atoms with Crippen LogP contribution in [0.2, 0.25) is 0 Å². The van der Waals surface area contributed by atoms with Gasteiger partial charge in [-0.2, -0.15) is 0 Å². The molecule has 0 bridgehead atoms. The highest BCUT2D eigenvalue weighted by Crippen LogP contribution is 2.39. The highest BCUT2D eigenvalue weighted by molar-refractivity contribution is 7.51. The fraction of sp³-hybridized carbons (Fsp3) is 1.00. The molecule has 0 aromatic carbocycles. The third kappa shape index (κ3) is 4.94. The Morgan fingerprint density at radius 2 is 2.10 bits per heavy atom. The third-order valence-corrected chi connectivity index (χ3v) is 2.00. The summed E-state index contributed by atoms with van der Waals surface area (Å²) < 4.78 is 20.4. The minimum atomic E-state index is -3.25. The zero-order chi connectivity index (χ0) is 8.20. The van der Waals surface area contributed by atoms with Gasteiger partial charge in [0.25, 0.3) is 0 Å². The molecular weight excluding hydrogens is 153 g/mol. The van der Waals surface area contributed by atoms with Crippen LogP contribution in [0.1, 0.15) is 20.8 Å². The molecule has 0 aliphatic rings. The topological polar surface area (TPSA) is 61.5 Å². The Kier molecular flexibility index (Phi) is 4.13. The first-order valence-corrected chi connectivity index (χ1v) is 4.80. The van der Waals surface area contributed by atoms with Crippen LogP contribution in [0.15, 0.2) is 0 Å². The molecule has 0 aliphatic carbocycles. The van der Waals surface area contributed by atoms with Gasteiger partial charge in [0, 0.05) is 0 Å². The highest BCUT2D eigenvalue weighted by atomic mass is 31.2. The van der Waals surface area contributed by atoms with E-state index in [2.05, 4.69) is 4.52 Å². The summed E-state index contributed by atoms with van der Waals surface area (Å²) in [5.41, 5.74) is 5.14. The van der Waals surface area contributed by atoms with E-state index in [-0.39, 0.29) is 6.10 Å². The number of rotatable bonds is 4. The van der Waals surface area contributed by atoms with Crippen LogP contribution in [-0.2, 0) is 13.6 Å². The van der Waals surface area contributed by atoms with E-state index in [1.807, 2.05) is 0 Å². The quantitative estimate of drug-likeness (QED) is 0.644. The van der Waals surface area contributed by atoms with Gasteiger partial charge in [-0.1, -0.05) is 0 Å². The van der Waals surface area contributed by atoms with Crippen LogP contribution in [-0.4, -0.2) is 12.7 Å². The summed E-state index contributed by atoms with van der Waals surface area (Å²) in [6.07, 6.45) is -0.164. The maximum Gasteiger partial charge on any atom is 0.403 e. The Bertz CT molecular complexity index is 137. The lowest BCUT2D eigenvalue weighted by Gasteiger charge is -2.14. The minimum absolute atomic E-state index is 0.164. The molecule has 0 spiro atoms. The van der Waals surface area contributed by atoms with Gasteiger partial charge in [0.15, 0.2) is 0 Å². The lowest BCUT2D eigenvalue weighted by Crippen LogP contribution is -2.08. The molecule has 0 aliphatic heterocycles. The van der Waals surface area contributed by atoms with Gasteiger partial charge < -0.3 is 0 Å². The fourth-order valence-corrected chi connectivity index (χ4v) is 1.51. The van der Waals surface area contributed by atoms with Crippen LogP contribution in [0.25, 0.3) is 0 Å². The van der Waals surface area contributed by atoms with Crippen LogP contribution >= 0.6 is 7.75 Å². The first-order valence-electron chi connectivity index (χ1n) is 3.19. The van der Waals surface area contributed by atoms with Crippen molar-refractivity contribution in [1.29, 1.82) is 0 Å². The highest BCUT2D eigenvalue weighted by Gasteiger charge is 2.18. The molecule has 0 aromatic rings. The average Bonchev–Trinajstić information content (AvgIpc) is 1.59. The first kappa shape index (κ1) is 10.1. The van der Waals surface area contributed by atoms with Gasteiger partial charge in [0.2, 0.25) is 0 Å². The Morgan fingerprint density at radius 3 is 2.40 bits per heavy atom. The monoisotopic (exact) mass is 167 g/mol. The van der Waals surface area contributed by atoms with Gasteiger partial charge in [-0.15, -0.1) is 0 Å². The maximum absolute atomic E-state index is 11.0. The van der Waals surface area contributed by atoms with E-state index in [0.717, 1.165) is 0 Å². The number of hydrogen-bond acceptors (Lipinski definition) is 3. The SMILES string of the molecule is CCOP(N)(=O)OC(C)C. The van der Waals surface area contributed by atoms with Crippen molar-refractivity contribution >= 4 is 7.75 Å². The molecule has 0 rings (SSSR count). The van der Waals surface area contributed by atoms with Crippen LogP contribution in [0.4, 0.5) is 0 Å². The normalized spacial score (nSPS) is 17.3. The van der Waals surface area contributed by atoms with Crippen LogP contribution < -0.4 is 5.50 Å². The van der Waals surface area contributed by atoms with Crippen LogP contribution in [0, 0.1) is 0 Å². The predicted molar refractivity (Wildman–Crippen MR) is 39.6 cm³/mol. The molecule has 4 nitrogen and oxygen atoms in total. The van der Waals surface area contributed by atoms with Crippen molar-refractivity contribution in [2.45, 2.75) is 26.9 Å². The summed E-state index contributed by atoms with van der Waals surface area (Å²) in [5.74, 6) is 0. The van der Waals surface area contributed by atoms with Gasteiger partial charge in [-0.3, -0.25) is 9.05 Å². The molecule has 10 heavy (non-hydrogen) atoms. The summed E-state index contributed by atoms with van der Waals surface area (Å²) in [7, 11) is -3.25. The Balaban J connectivity index is 3.75. The second-order valence-electron chi connectivity index (χ2n) is 2.11.